The van der Waals surface area contributed by atoms with Crippen molar-refractivity contribution in [3.05, 3.63) is 245 Å². The van der Waals surface area contributed by atoms with Crippen molar-refractivity contribution in [1.29, 1.82) is 0 Å². The number of benzene rings is 8. The fraction of sp³-hybridized carbons (Fsp3) is 0.0517. The molecule has 0 N–H and O–H groups in total. The Labute approximate surface area is 365 Å². The summed E-state index contributed by atoms with van der Waals surface area (Å²) in [4.78, 5) is 17.8. The second-order valence-electron chi connectivity index (χ2n) is 16.6. The molecule has 0 amide bonds. The molecule has 290 valence electrons. The van der Waals surface area contributed by atoms with E-state index >= 15 is 0 Å². The van der Waals surface area contributed by atoms with Gasteiger partial charge in [0, 0.05) is 27.5 Å². The van der Waals surface area contributed by atoms with Gasteiger partial charge in [0.1, 0.15) is 0 Å². The van der Waals surface area contributed by atoms with E-state index in [-0.39, 0.29) is 5.92 Å². The highest BCUT2D eigenvalue weighted by Crippen LogP contribution is 2.63. The Balaban J connectivity index is 0.947. The summed E-state index contributed by atoms with van der Waals surface area (Å²) in [5.74, 6) is 2.26. The third-order valence-corrected chi connectivity index (χ3v) is 14.6. The van der Waals surface area contributed by atoms with Crippen molar-refractivity contribution in [1.82, 2.24) is 15.0 Å². The number of thioether (sulfide) groups is 1. The standard InChI is InChI=1S/C58H37N3S/c1-3-16-36(17-4-1)55-59-56(37-18-5-2-6-19-37)61-57(60-55)39-31-33-53-47(35-39)46-34-38(30-32-52(46)62-53)40-25-15-29-51-54(40)45-24-11-14-28-50(45)58(51)48-26-12-9-22-43(48)41-20-7-8-21-42(41)44-23-10-13-27-49(44)58/h1-33,35,46H,34H2. The van der Waals surface area contributed by atoms with E-state index in [0.717, 1.165) is 23.1 Å². The topological polar surface area (TPSA) is 38.7 Å². The van der Waals surface area contributed by atoms with Crippen LogP contribution in [0.5, 0.6) is 0 Å². The Bertz CT molecular complexity index is 3240. The minimum absolute atomic E-state index is 0.231. The fourth-order valence-corrected chi connectivity index (χ4v) is 11.9. The van der Waals surface area contributed by atoms with E-state index in [1.54, 1.807) is 0 Å². The second-order valence-corrected chi connectivity index (χ2v) is 17.7. The Morgan fingerprint density at radius 3 is 1.50 bits per heavy atom. The summed E-state index contributed by atoms with van der Waals surface area (Å²) in [6.07, 6.45) is 5.67. The van der Waals surface area contributed by atoms with Crippen LogP contribution >= 0.6 is 11.8 Å². The second kappa shape index (κ2) is 13.8. The first kappa shape index (κ1) is 35.4. The van der Waals surface area contributed by atoms with Crippen molar-refractivity contribution in [3.8, 4) is 67.5 Å². The molecule has 0 saturated heterocycles. The average Bonchev–Trinajstić information content (AvgIpc) is 3.84. The van der Waals surface area contributed by atoms with E-state index in [2.05, 4.69) is 170 Å². The molecule has 2 heterocycles. The van der Waals surface area contributed by atoms with Crippen LogP contribution in [-0.2, 0) is 5.41 Å². The molecule has 1 aliphatic heterocycles. The first-order valence-electron chi connectivity index (χ1n) is 21.4. The summed E-state index contributed by atoms with van der Waals surface area (Å²) in [7, 11) is 0. The summed E-state index contributed by atoms with van der Waals surface area (Å²) in [5, 5.41) is 0. The van der Waals surface area contributed by atoms with Crippen LogP contribution in [0.15, 0.2) is 216 Å². The van der Waals surface area contributed by atoms with E-state index in [9.17, 15) is 0 Å². The van der Waals surface area contributed by atoms with Gasteiger partial charge in [0.2, 0.25) is 0 Å². The number of hydrogen-bond acceptors (Lipinski definition) is 4. The predicted molar refractivity (Wildman–Crippen MR) is 254 cm³/mol. The van der Waals surface area contributed by atoms with Gasteiger partial charge in [0.15, 0.2) is 17.5 Å². The normalized spacial score (nSPS) is 15.8. The Kier molecular flexibility index (Phi) is 7.88. The Morgan fingerprint density at radius 2 is 0.887 bits per heavy atom. The monoisotopic (exact) mass is 807 g/mol. The first-order chi connectivity index (χ1) is 30.7. The highest BCUT2D eigenvalue weighted by molar-refractivity contribution is 8.03. The number of aromatic nitrogens is 3. The quantitative estimate of drug-likeness (QED) is 0.178. The zero-order chi connectivity index (χ0) is 40.8. The molecule has 8 aromatic carbocycles. The molecule has 0 radical (unpaired) electrons. The van der Waals surface area contributed by atoms with Gasteiger partial charge in [-0.2, -0.15) is 0 Å². The molecule has 9 aromatic rings. The molecular formula is C58H37N3S. The fourth-order valence-electron chi connectivity index (χ4n) is 10.7. The molecule has 0 saturated carbocycles. The van der Waals surface area contributed by atoms with Gasteiger partial charge in [-0.25, -0.2) is 15.0 Å². The van der Waals surface area contributed by atoms with E-state index in [0.29, 0.717) is 17.5 Å². The van der Waals surface area contributed by atoms with Crippen molar-refractivity contribution in [2.24, 2.45) is 0 Å². The third kappa shape index (κ3) is 5.17. The lowest BCUT2D eigenvalue weighted by Gasteiger charge is -2.35. The lowest BCUT2D eigenvalue weighted by molar-refractivity contribution is 0.775. The summed E-state index contributed by atoms with van der Waals surface area (Å²) < 4.78 is 0. The number of rotatable bonds is 4. The van der Waals surface area contributed by atoms with Gasteiger partial charge >= 0.3 is 0 Å². The van der Waals surface area contributed by atoms with Crippen molar-refractivity contribution in [2.75, 3.05) is 0 Å². The minimum atomic E-state index is -0.503. The zero-order valence-corrected chi connectivity index (χ0v) is 34.5. The van der Waals surface area contributed by atoms with E-state index in [1.807, 2.05) is 48.2 Å². The van der Waals surface area contributed by atoms with Crippen LogP contribution in [0.2, 0.25) is 0 Å². The third-order valence-electron chi connectivity index (χ3n) is 13.4. The van der Waals surface area contributed by atoms with Crippen LogP contribution in [0.1, 0.15) is 45.7 Å². The predicted octanol–water partition coefficient (Wildman–Crippen LogP) is 14.4. The van der Waals surface area contributed by atoms with Crippen LogP contribution in [0.4, 0.5) is 0 Å². The maximum absolute atomic E-state index is 5.09. The lowest BCUT2D eigenvalue weighted by Crippen LogP contribution is -2.29. The van der Waals surface area contributed by atoms with Gasteiger partial charge in [-0.05, 0) is 95.8 Å². The van der Waals surface area contributed by atoms with Crippen LogP contribution < -0.4 is 0 Å². The Hall–Kier alpha value is -7.40. The lowest BCUT2D eigenvalue weighted by atomic mass is 9.66. The van der Waals surface area contributed by atoms with Gasteiger partial charge < -0.3 is 0 Å². The highest BCUT2D eigenvalue weighted by Gasteiger charge is 2.50. The number of hydrogen-bond donors (Lipinski definition) is 0. The molecule has 3 nitrogen and oxygen atoms in total. The number of fused-ring (bicyclic) bond motifs is 15. The van der Waals surface area contributed by atoms with Gasteiger partial charge in [0.05, 0.1) is 5.41 Å². The summed E-state index contributed by atoms with van der Waals surface area (Å²) >= 11 is 1.90. The number of allylic oxidation sites excluding steroid dienone is 4. The SMILES string of the molecule is C1=C(c2cccc3c2-c2ccccc2C32c3ccccc3-c3ccccc3-c3ccccc32)CC2C(=C1)Sc1ccc(-c3nc(-c4ccccc4)nc(-c4ccccc4)n3)cc12. The molecule has 4 heteroatoms. The van der Waals surface area contributed by atoms with Gasteiger partial charge in [-0.15, -0.1) is 0 Å². The molecule has 62 heavy (non-hydrogen) atoms. The molecule has 1 spiro atoms. The van der Waals surface area contributed by atoms with Crippen LogP contribution in [-0.4, -0.2) is 15.0 Å². The molecular weight excluding hydrogens is 771 g/mol. The van der Waals surface area contributed by atoms with Crippen LogP contribution in [0.25, 0.3) is 73.1 Å². The van der Waals surface area contributed by atoms with Gasteiger partial charge in [-0.3, -0.25) is 0 Å². The molecule has 1 atom stereocenters. The number of nitrogens with zero attached hydrogens (tertiary/aromatic N) is 3. The molecule has 0 bridgehead atoms. The summed E-state index contributed by atoms with van der Waals surface area (Å²) in [5.41, 5.74) is 19.6. The van der Waals surface area contributed by atoms with E-state index in [4.69, 9.17) is 15.0 Å². The molecule has 1 unspecified atom stereocenters. The van der Waals surface area contributed by atoms with Gasteiger partial charge in [0.25, 0.3) is 0 Å². The van der Waals surface area contributed by atoms with Crippen molar-refractivity contribution in [2.45, 2.75) is 22.6 Å². The molecule has 13 rings (SSSR count). The molecule has 3 aliphatic carbocycles. The first-order valence-corrected chi connectivity index (χ1v) is 22.2. The minimum Gasteiger partial charge on any atom is -0.208 e. The average molecular weight is 808 g/mol. The van der Waals surface area contributed by atoms with Crippen molar-refractivity contribution < 1.29 is 0 Å². The molecule has 4 aliphatic rings. The smallest absolute Gasteiger partial charge is 0.164 e. The largest absolute Gasteiger partial charge is 0.208 e. The maximum atomic E-state index is 5.09. The van der Waals surface area contributed by atoms with E-state index < -0.39 is 5.41 Å². The molecule has 1 aromatic heterocycles. The van der Waals surface area contributed by atoms with Crippen molar-refractivity contribution in [3.63, 3.8) is 0 Å². The van der Waals surface area contributed by atoms with Crippen LogP contribution in [0, 0.1) is 0 Å². The van der Waals surface area contributed by atoms with Gasteiger partial charge in [-0.1, -0.05) is 206 Å². The Morgan fingerprint density at radius 1 is 0.403 bits per heavy atom. The zero-order valence-electron chi connectivity index (χ0n) is 33.7. The van der Waals surface area contributed by atoms with Crippen molar-refractivity contribution >= 4 is 17.3 Å². The molecule has 0 fully saturated rings. The van der Waals surface area contributed by atoms with E-state index in [1.165, 1.54) is 82.1 Å². The maximum Gasteiger partial charge on any atom is 0.164 e. The summed E-state index contributed by atoms with van der Waals surface area (Å²) in [6, 6.07) is 70.7. The van der Waals surface area contributed by atoms with Crippen LogP contribution in [0.3, 0.4) is 0 Å². The summed E-state index contributed by atoms with van der Waals surface area (Å²) in [6.45, 7) is 0. The highest BCUT2D eigenvalue weighted by atomic mass is 32.2.